The number of esters is 1. The van der Waals surface area contributed by atoms with Crippen LogP contribution in [0.4, 0.5) is 5.69 Å². The van der Waals surface area contributed by atoms with Crippen molar-refractivity contribution in [3.8, 4) is 0 Å². The average Bonchev–Trinajstić information content (AvgIpc) is 2.90. The first-order valence-electron chi connectivity index (χ1n) is 9.35. The fourth-order valence-electron chi connectivity index (χ4n) is 3.55. The zero-order valence-corrected chi connectivity index (χ0v) is 16.2. The summed E-state index contributed by atoms with van der Waals surface area (Å²) in [6.45, 7) is 4.77. The van der Waals surface area contributed by atoms with E-state index in [0.29, 0.717) is 18.5 Å². The van der Waals surface area contributed by atoms with Gasteiger partial charge in [-0.05, 0) is 50.8 Å². The van der Waals surface area contributed by atoms with Gasteiger partial charge in [0.25, 0.3) is 5.91 Å². The van der Waals surface area contributed by atoms with Gasteiger partial charge in [0.1, 0.15) is 6.54 Å². The van der Waals surface area contributed by atoms with Crippen molar-refractivity contribution in [1.29, 1.82) is 0 Å². The Hall–Kier alpha value is -2.96. The zero-order valence-electron chi connectivity index (χ0n) is 16.2. The second-order valence-electron chi connectivity index (χ2n) is 7.36. The zero-order chi connectivity index (χ0) is 20.4. The minimum atomic E-state index is -1.05. The van der Waals surface area contributed by atoms with Gasteiger partial charge in [-0.3, -0.25) is 24.1 Å². The lowest BCUT2D eigenvalue weighted by atomic mass is 9.85. The maximum absolute atomic E-state index is 12.4. The fraction of sp³-hybridized carbons (Fsp3) is 0.429. The van der Waals surface area contributed by atoms with Crippen LogP contribution in [0.15, 0.2) is 30.4 Å². The van der Waals surface area contributed by atoms with Crippen LogP contribution < -0.4 is 5.32 Å². The van der Waals surface area contributed by atoms with E-state index in [1.54, 1.807) is 0 Å². The molecule has 0 spiro atoms. The molecule has 0 radical (unpaired) electrons. The Morgan fingerprint density at radius 1 is 1.14 bits per heavy atom. The van der Waals surface area contributed by atoms with Crippen LogP contribution in [0.25, 0.3) is 0 Å². The monoisotopic (exact) mass is 384 g/mol. The molecule has 7 heteroatoms. The van der Waals surface area contributed by atoms with Gasteiger partial charge in [-0.25, -0.2) is 0 Å². The van der Waals surface area contributed by atoms with Gasteiger partial charge in [0, 0.05) is 5.69 Å². The number of carbonyl (C=O) groups is 4. The Bertz CT molecular complexity index is 834. The molecule has 0 bridgehead atoms. The SMILES string of the molecule is Cc1ccc(C)c(NC(=O)[C@H](C)OC(=O)CN2C(=O)[C@H]3CC=CC[C@H]3C2=O)c1. The van der Waals surface area contributed by atoms with Gasteiger partial charge in [-0.2, -0.15) is 0 Å². The van der Waals surface area contributed by atoms with Crippen LogP contribution in [0.3, 0.4) is 0 Å². The van der Waals surface area contributed by atoms with Gasteiger partial charge in [0.05, 0.1) is 11.8 Å². The summed E-state index contributed by atoms with van der Waals surface area (Å²) in [5.74, 6) is -2.73. The number of benzene rings is 1. The highest BCUT2D eigenvalue weighted by Gasteiger charge is 2.47. The summed E-state index contributed by atoms with van der Waals surface area (Å²) in [6, 6.07) is 5.66. The lowest BCUT2D eigenvalue weighted by Crippen LogP contribution is -2.39. The summed E-state index contributed by atoms with van der Waals surface area (Å²) in [5.41, 5.74) is 2.53. The summed E-state index contributed by atoms with van der Waals surface area (Å²) in [4.78, 5) is 50.3. The Balaban J connectivity index is 1.57. The van der Waals surface area contributed by atoms with Crippen molar-refractivity contribution < 1.29 is 23.9 Å². The van der Waals surface area contributed by atoms with Crippen molar-refractivity contribution in [3.05, 3.63) is 41.5 Å². The topological polar surface area (TPSA) is 92.8 Å². The van der Waals surface area contributed by atoms with Crippen LogP contribution in [-0.2, 0) is 23.9 Å². The molecule has 1 aliphatic heterocycles. The number of fused-ring (bicyclic) bond motifs is 1. The van der Waals surface area contributed by atoms with E-state index >= 15 is 0 Å². The lowest BCUT2D eigenvalue weighted by Gasteiger charge is -2.18. The molecule has 1 fully saturated rings. The van der Waals surface area contributed by atoms with Crippen LogP contribution >= 0.6 is 0 Å². The van der Waals surface area contributed by atoms with Crippen LogP contribution in [-0.4, -0.2) is 41.2 Å². The fourth-order valence-corrected chi connectivity index (χ4v) is 3.55. The Morgan fingerprint density at radius 3 is 2.36 bits per heavy atom. The van der Waals surface area contributed by atoms with Gasteiger partial charge in [-0.1, -0.05) is 24.3 Å². The van der Waals surface area contributed by atoms with Crippen molar-refractivity contribution in [1.82, 2.24) is 4.90 Å². The predicted octanol–water partition coefficient (Wildman–Crippen LogP) is 2.12. The quantitative estimate of drug-likeness (QED) is 0.477. The van der Waals surface area contributed by atoms with E-state index in [1.165, 1.54) is 6.92 Å². The first-order valence-corrected chi connectivity index (χ1v) is 9.35. The Labute approximate surface area is 163 Å². The first-order chi connectivity index (χ1) is 13.3. The van der Waals surface area contributed by atoms with E-state index < -0.39 is 36.4 Å². The molecule has 1 aliphatic carbocycles. The van der Waals surface area contributed by atoms with E-state index in [9.17, 15) is 19.2 Å². The standard InChI is InChI=1S/C21H24N2O5/c1-12-8-9-13(2)17(10-12)22-19(25)14(3)28-18(24)11-23-20(26)15-6-4-5-7-16(15)21(23)27/h4-5,8-10,14-16H,6-7,11H2,1-3H3,(H,22,25)/t14-,15-,16+/m0/s1. The highest BCUT2D eigenvalue weighted by atomic mass is 16.5. The minimum Gasteiger partial charge on any atom is -0.451 e. The molecule has 2 aliphatic rings. The van der Waals surface area contributed by atoms with Crippen molar-refractivity contribution in [2.45, 2.75) is 39.7 Å². The molecule has 148 valence electrons. The number of nitrogens with one attached hydrogen (secondary N) is 1. The second kappa shape index (κ2) is 7.96. The molecule has 0 unspecified atom stereocenters. The van der Waals surface area contributed by atoms with Crippen molar-refractivity contribution >= 4 is 29.4 Å². The number of nitrogens with zero attached hydrogens (tertiary/aromatic N) is 1. The molecule has 1 aromatic rings. The van der Waals surface area contributed by atoms with Crippen molar-refractivity contribution in [2.24, 2.45) is 11.8 Å². The smallest absolute Gasteiger partial charge is 0.326 e. The Morgan fingerprint density at radius 2 is 1.75 bits per heavy atom. The molecule has 3 amide bonds. The summed E-state index contributed by atoms with van der Waals surface area (Å²) >= 11 is 0. The molecule has 1 aromatic carbocycles. The summed E-state index contributed by atoms with van der Waals surface area (Å²) < 4.78 is 5.15. The predicted molar refractivity (Wildman–Crippen MR) is 102 cm³/mol. The third-order valence-electron chi connectivity index (χ3n) is 5.21. The number of likely N-dealkylation sites (tertiary alicyclic amines) is 1. The van der Waals surface area contributed by atoms with E-state index in [0.717, 1.165) is 16.0 Å². The van der Waals surface area contributed by atoms with Gasteiger partial charge < -0.3 is 10.1 Å². The number of aryl methyl sites for hydroxylation is 2. The van der Waals surface area contributed by atoms with Gasteiger partial charge in [0.15, 0.2) is 6.10 Å². The van der Waals surface area contributed by atoms with Crippen LogP contribution in [0, 0.1) is 25.7 Å². The molecule has 1 heterocycles. The molecule has 3 rings (SSSR count). The Kier molecular flexibility index (Phi) is 5.63. The van der Waals surface area contributed by atoms with Crippen LogP contribution in [0.5, 0.6) is 0 Å². The van der Waals surface area contributed by atoms with Gasteiger partial charge in [-0.15, -0.1) is 0 Å². The van der Waals surface area contributed by atoms with E-state index in [-0.39, 0.29) is 11.8 Å². The molecule has 28 heavy (non-hydrogen) atoms. The number of imide groups is 1. The number of ether oxygens (including phenoxy) is 1. The first kappa shape index (κ1) is 19.8. The van der Waals surface area contributed by atoms with Crippen molar-refractivity contribution in [2.75, 3.05) is 11.9 Å². The van der Waals surface area contributed by atoms with E-state index in [1.807, 2.05) is 44.2 Å². The molecular formula is C21H24N2O5. The maximum Gasteiger partial charge on any atom is 0.326 e. The maximum atomic E-state index is 12.4. The lowest BCUT2D eigenvalue weighted by molar-refractivity contribution is -0.158. The van der Waals surface area contributed by atoms with Crippen molar-refractivity contribution in [3.63, 3.8) is 0 Å². The number of carbonyl (C=O) groups excluding carboxylic acids is 4. The van der Waals surface area contributed by atoms with E-state index in [4.69, 9.17) is 4.74 Å². The number of hydrogen-bond donors (Lipinski definition) is 1. The molecular weight excluding hydrogens is 360 g/mol. The molecule has 0 aromatic heterocycles. The number of amides is 3. The summed E-state index contributed by atoms with van der Waals surface area (Å²) in [7, 11) is 0. The molecule has 0 saturated carbocycles. The number of anilines is 1. The largest absolute Gasteiger partial charge is 0.451 e. The molecule has 3 atom stereocenters. The summed E-state index contributed by atoms with van der Waals surface area (Å²) in [5, 5.41) is 2.74. The average molecular weight is 384 g/mol. The van der Waals surface area contributed by atoms with E-state index in [2.05, 4.69) is 5.32 Å². The highest BCUT2D eigenvalue weighted by molar-refractivity contribution is 6.07. The third kappa shape index (κ3) is 3.98. The summed E-state index contributed by atoms with van der Waals surface area (Å²) in [6.07, 6.45) is 3.73. The van der Waals surface area contributed by atoms with Crippen LogP contribution in [0.1, 0.15) is 30.9 Å². The highest BCUT2D eigenvalue weighted by Crippen LogP contribution is 2.34. The normalized spacial score (nSPS) is 22.0. The second-order valence-corrected chi connectivity index (χ2v) is 7.36. The van der Waals surface area contributed by atoms with Crippen LogP contribution in [0.2, 0.25) is 0 Å². The molecule has 7 nitrogen and oxygen atoms in total. The molecule has 1 N–H and O–H groups in total. The number of allylic oxidation sites excluding steroid dienone is 2. The third-order valence-corrected chi connectivity index (χ3v) is 5.21. The number of hydrogen-bond acceptors (Lipinski definition) is 5. The number of rotatable bonds is 5. The van der Waals surface area contributed by atoms with Gasteiger partial charge in [0.2, 0.25) is 11.8 Å². The molecule has 1 saturated heterocycles. The minimum absolute atomic E-state index is 0.344. The van der Waals surface area contributed by atoms with Gasteiger partial charge >= 0.3 is 5.97 Å².